The molecule has 0 amide bonds. The topological polar surface area (TPSA) is 9.23 Å². The molecule has 1 aromatic rings. The minimum Gasteiger partial charge on any atom is -0.496 e. The molecular formula is C15H22Br2O. The summed E-state index contributed by atoms with van der Waals surface area (Å²) in [7, 11) is 1.75. The van der Waals surface area contributed by atoms with Crippen molar-refractivity contribution in [1.29, 1.82) is 0 Å². The maximum absolute atomic E-state index is 5.59. The van der Waals surface area contributed by atoms with E-state index in [9.17, 15) is 0 Å². The van der Waals surface area contributed by atoms with Gasteiger partial charge in [-0.2, -0.15) is 0 Å². The molecule has 3 heteroatoms. The number of benzene rings is 1. The van der Waals surface area contributed by atoms with E-state index in [1.807, 2.05) is 0 Å². The summed E-state index contributed by atoms with van der Waals surface area (Å²) in [5.41, 5.74) is 3.75. The van der Waals surface area contributed by atoms with Gasteiger partial charge in [0.2, 0.25) is 0 Å². The smallest absolute Gasteiger partial charge is 0.126 e. The molecule has 0 saturated heterocycles. The van der Waals surface area contributed by atoms with E-state index in [2.05, 4.69) is 58.7 Å². The van der Waals surface area contributed by atoms with Crippen LogP contribution in [-0.2, 0) is 0 Å². The van der Waals surface area contributed by atoms with Crippen LogP contribution in [0.3, 0.4) is 0 Å². The van der Waals surface area contributed by atoms with Gasteiger partial charge in [0, 0.05) is 14.9 Å². The second-order valence-electron chi connectivity index (χ2n) is 4.71. The van der Waals surface area contributed by atoms with Gasteiger partial charge in [0.1, 0.15) is 5.75 Å². The molecule has 1 rings (SSSR count). The van der Waals surface area contributed by atoms with Crippen LogP contribution in [0.15, 0.2) is 10.5 Å². The van der Waals surface area contributed by atoms with Crippen LogP contribution in [0, 0.1) is 13.8 Å². The Kier molecular flexibility index (Phi) is 6.72. The number of hydrogen-bond donors (Lipinski definition) is 0. The van der Waals surface area contributed by atoms with Crippen molar-refractivity contribution >= 4 is 31.9 Å². The lowest BCUT2D eigenvalue weighted by Crippen LogP contribution is -2.01. The standard InChI is InChI=1S/C15H22Br2O/c1-5-6-7-8-12(16)14-11(3)13(17)9-10(2)15(14)18-4/h9,12H,5-8H2,1-4H3. The summed E-state index contributed by atoms with van der Waals surface area (Å²) in [4.78, 5) is 0.371. The van der Waals surface area contributed by atoms with Crippen molar-refractivity contribution in [2.75, 3.05) is 7.11 Å². The maximum Gasteiger partial charge on any atom is 0.126 e. The summed E-state index contributed by atoms with van der Waals surface area (Å²) in [6, 6.07) is 2.13. The normalized spacial score (nSPS) is 12.6. The fourth-order valence-electron chi connectivity index (χ4n) is 2.24. The average Bonchev–Trinajstić information content (AvgIpc) is 2.33. The molecule has 0 saturated carbocycles. The van der Waals surface area contributed by atoms with Gasteiger partial charge in [0.15, 0.2) is 0 Å². The van der Waals surface area contributed by atoms with E-state index in [1.165, 1.54) is 36.0 Å². The van der Waals surface area contributed by atoms with E-state index in [-0.39, 0.29) is 0 Å². The van der Waals surface area contributed by atoms with Gasteiger partial charge in [-0.3, -0.25) is 0 Å². The summed E-state index contributed by atoms with van der Waals surface area (Å²) in [5.74, 6) is 1.02. The summed E-state index contributed by atoms with van der Waals surface area (Å²) >= 11 is 7.46. The lowest BCUT2D eigenvalue weighted by Gasteiger charge is -2.20. The van der Waals surface area contributed by atoms with Crippen LogP contribution in [0.25, 0.3) is 0 Å². The molecule has 0 aliphatic heterocycles. The minimum atomic E-state index is 0.371. The number of rotatable bonds is 6. The first-order valence-electron chi connectivity index (χ1n) is 6.50. The van der Waals surface area contributed by atoms with Crippen molar-refractivity contribution in [3.8, 4) is 5.75 Å². The quantitative estimate of drug-likeness (QED) is 0.430. The highest BCUT2D eigenvalue weighted by atomic mass is 79.9. The molecular weight excluding hydrogens is 356 g/mol. The molecule has 0 bridgehead atoms. The van der Waals surface area contributed by atoms with Crippen molar-refractivity contribution in [2.24, 2.45) is 0 Å². The van der Waals surface area contributed by atoms with Crippen LogP contribution in [-0.4, -0.2) is 7.11 Å². The third kappa shape index (κ3) is 3.74. The number of aryl methyl sites for hydroxylation is 1. The van der Waals surface area contributed by atoms with Crippen molar-refractivity contribution < 1.29 is 4.74 Å². The maximum atomic E-state index is 5.59. The molecule has 102 valence electrons. The molecule has 1 nitrogen and oxygen atoms in total. The van der Waals surface area contributed by atoms with Crippen molar-refractivity contribution in [3.63, 3.8) is 0 Å². The SMILES string of the molecule is CCCCCC(Br)c1c(C)c(Br)cc(C)c1OC. The highest BCUT2D eigenvalue weighted by Gasteiger charge is 2.19. The second kappa shape index (κ2) is 7.54. The molecule has 18 heavy (non-hydrogen) atoms. The number of halogens is 2. The molecule has 1 atom stereocenters. The van der Waals surface area contributed by atoms with Crippen LogP contribution in [0.4, 0.5) is 0 Å². The van der Waals surface area contributed by atoms with Crippen molar-refractivity contribution in [2.45, 2.75) is 51.3 Å². The van der Waals surface area contributed by atoms with E-state index in [0.717, 1.165) is 16.6 Å². The van der Waals surface area contributed by atoms with Gasteiger partial charge in [-0.15, -0.1) is 0 Å². The van der Waals surface area contributed by atoms with Crippen molar-refractivity contribution in [1.82, 2.24) is 0 Å². The monoisotopic (exact) mass is 376 g/mol. The first kappa shape index (κ1) is 16.0. The molecule has 1 unspecified atom stereocenters. The highest BCUT2D eigenvalue weighted by Crippen LogP contribution is 2.41. The van der Waals surface area contributed by atoms with Crippen LogP contribution in [0.1, 0.15) is 54.1 Å². The first-order chi connectivity index (χ1) is 8.52. The van der Waals surface area contributed by atoms with Crippen molar-refractivity contribution in [3.05, 3.63) is 27.2 Å². The molecule has 0 aromatic heterocycles. The lowest BCUT2D eigenvalue weighted by atomic mass is 9.98. The van der Waals surface area contributed by atoms with Gasteiger partial charge in [-0.1, -0.05) is 58.0 Å². The summed E-state index contributed by atoms with van der Waals surface area (Å²) in [6.07, 6.45) is 4.95. The fraction of sp³-hybridized carbons (Fsp3) is 0.600. The Morgan fingerprint density at radius 1 is 1.28 bits per heavy atom. The predicted octanol–water partition coefficient (Wildman–Crippen LogP) is 6.09. The Morgan fingerprint density at radius 3 is 2.50 bits per heavy atom. The van der Waals surface area contributed by atoms with Gasteiger partial charge in [-0.05, 0) is 37.5 Å². The van der Waals surface area contributed by atoms with E-state index in [0.29, 0.717) is 4.83 Å². The van der Waals surface area contributed by atoms with Crippen LogP contribution < -0.4 is 4.74 Å². The number of unbranched alkanes of at least 4 members (excludes halogenated alkanes) is 2. The van der Waals surface area contributed by atoms with Gasteiger partial charge < -0.3 is 4.74 Å². The summed E-state index contributed by atoms with van der Waals surface area (Å²) < 4.78 is 6.75. The third-order valence-corrected chi connectivity index (χ3v) is 5.03. The number of alkyl halides is 1. The highest BCUT2D eigenvalue weighted by molar-refractivity contribution is 9.10. The zero-order chi connectivity index (χ0) is 13.7. The Balaban J connectivity index is 3.05. The van der Waals surface area contributed by atoms with E-state index >= 15 is 0 Å². The number of methoxy groups -OCH3 is 1. The van der Waals surface area contributed by atoms with Gasteiger partial charge in [-0.25, -0.2) is 0 Å². The third-order valence-electron chi connectivity index (χ3n) is 3.29. The Bertz CT molecular complexity index is 402. The molecule has 0 aliphatic carbocycles. The first-order valence-corrected chi connectivity index (χ1v) is 8.21. The van der Waals surface area contributed by atoms with Gasteiger partial charge in [0.05, 0.1) is 7.11 Å². The van der Waals surface area contributed by atoms with Gasteiger partial charge in [0.25, 0.3) is 0 Å². The fourth-order valence-corrected chi connectivity index (χ4v) is 3.67. The zero-order valence-corrected chi connectivity index (χ0v) is 14.8. The lowest BCUT2D eigenvalue weighted by molar-refractivity contribution is 0.405. The average molecular weight is 378 g/mol. The van der Waals surface area contributed by atoms with E-state index in [4.69, 9.17) is 4.74 Å². The second-order valence-corrected chi connectivity index (χ2v) is 6.67. The number of ether oxygens (including phenoxy) is 1. The molecule has 0 fully saturated rings. The Morgan fingerprint density at radius 2 is 1.94 bits per heavy atom. The van der Waals surface area contributed by atoms with Gasteiger partial charge >= 0.3 is 0 Å². The molecule has 0 heterocycles. The Labute approximate surface area is 128 Å². The molecule has 0 N–H and O–H groups in total. The molecule has 0 radical (unpaired) electrons. The van der Waals surface area contributed by atoms with Crippen LogP contribution in [0.2, 0.25) is 0 Å². The summed E-state index contributed by atoms with van der Waals surface area (Å²) in [5, 5.41) is 0. The van der Waals surface area contributed by atoms with Crippen LogP contribution >= 0.6 is 31.9 Å². The van der Waals surface area contributed by atoms with Crippen LogP contribution in [0.5, 0.6) is 5.75 Å². The van der Waals surface area contributed by atoms with E-state index in [1.54, 1.807) is 7.11 Å². The zero-order valence-electron chi connectivity index (χ0n) is 11.6. The minimum absolute atomic E-state index is 0.371. The molecule has 0 aliphatic rings. The number of hydrogen-bond acceptors (Lipinski definition) is 1. The molecule has 0 spiro atoms. The largest absolute Gasteiger partial charge is 0.496 e. The predicted molar refractivity (Wildman–Crippen MR) is 86.0 cm³/mol. The summed E-state index contributed by atoms with van der Waals surface area (Å²) in [6.45, 7) is 6.48. The Hall–Kier alpha value is -0.0200. The molecule has 1 aromatic carbocycles. The van der Waals surface area contributed by atoms with E-state index < -0.39 is 0 Å².